The van der Waals surface area contributed by atoms with Crippen LogP contribution in [0.1, 0.15) is 33.2 Å². The number of carbonyl (C=O) groups is 1. The van der Waals surface area contributed by atoms with Crippen molar-refractivity contribution in [3.63, 3.8) is 0 Å². The molecule has 0 spiro atoms. The first-order chi connectivity index (χ1) is 9.69. The van der Waals surface area contributed by atoms with Gasteiger partial charge in [-0.05, 0) is 27.2 Å². The Bertz CT molecular complexity index is 574. The first-order valence-electron chi connectivity index (χ1n) is 6.74. The molecule has 1 aliphatic rings. The molecule has 0 radical (unpaired) electrons. The summed E-state index contributed by atoms with van der Waals surface area (Å²) < 4.78 is 6.43. The van der Waals surface area contributed by atoms with E-state index < -0.39 is 23.8 Å². The fourth-order valence-corrected chi connectivity index (χ4v) is 2.94. The van der Waals surface area contributed by atoms with E-state index in [1.807, 2.05) is 0 Å². The molecular weight excluding hydrogens is 296 g/mol. The number of ether oxygens (including phenoxy) is 1. The van der Waals surface area contributed by atoms with Crippen molar-refractivity contribution in [1.82, 2.24) is 9.47 Å². The van der Waals surface area contributed by atoms with Crippen molar-refractivity contribution in [1.29, 1.82) is 0 Å². The first kappa shape index (κ1) is 15.8. The second kappa shape index (κ2) is 5.69. The number of aliphatic hydroxyl groups excluding tert-OH is 1. The lowest BCUT2D eigenvalue weighted by molar-refractivity contribution is -0.00689. The predicted molar refractivity (Wildman–Crippen MR) is 77.7 cm³/mol. The van der Waals surface area contributed by atoms with Gasteiger partial charge in [-0.15, -0.1) is 0 Å². The second-order valence-electron chi connectivity index (χ2n) is 6.08. The van der Waals surface area contributed by atoms with Crippen molar-refractivity contribution in [3.05, 3.63) is 15.0 Å². The number of carbonyl (C=O) groups excluding carboxylic acids is 1. The third-order valence-corrected chi connectivity index (χ3v) is 3.97. The lowest BCUT2D eigenvalue weighted by atomic mass is 10.0. The summed E-state index contributed by atoms with van der Waals surface area (Å²) in [6.45, 7) is 5.80. The summed E-state index contributed by atoms with van der Waals surface area (Å²) in [5, 5.41) is 21.1. The molecule has 0 aliphatic carbocycles. The summed E-state index contributed by atoms with van der Waals surface area (Å²) in [4.78, 5) is 24.9. The van der Waals surface area contributed by atoms with Crippen molar-refractivity contribution >= 4 is 17.4 Å². The van der Waals surface area contributed by atoms with Gasteiger partial charge in [0.15, 0.2) is 0 Å². The zero-order chi connectivity index (χ0) is 15.8. The molecule has 2 atom stereocenters. The van der Waals surface area contributed by atoms with E-state index in [9.17, 15) is 19.8 Å². The maximum absolute atomic E-state index is 12.1. The van der Waals surface area contributed by atoms with Crippen LogP contribution >= 0.6 is 11.3 Å². The number of hydrogen-bond acceptors (Lipinski definition) is 6. The van der Waals surface area contributed by atoms with Gasteiger partial charge in [-0.25, -0.2) is 4.79 Å². The normalized spacial score (nSPS) is 23.1. The number of piperidine rings is 1. The molecule has 2 rings (SSSR count). The van der Waals surface area contributed by atoms with Gasteiger partial charge < -0.3 is 19.8 Å². The number of likely N-dealkylation sites (tertiary alicyclic amines) is 1. The molecule has 2 N–H and O–H groups in total. The molecule has 1 aromatic heterocycles. The summed E-state index contributed by atoms with van der Waals surface area (Å²) in [5.41, 5.74) is -0.607. The Morgan fingerprint density at radius 3 is 2.67 bits per heavy atom. The lowest BCUT2D eigenvalue weighted by Crippen LogP contribution is -2.49. The number of thiazole rings is 1. The zero-order valence-corrected chi connectivity index (χ0v) is 13.1. The number of aliphatic hydroxyl groups is 1. The van der Waals surface area contributed by atoms with E-state index in [0.717, 1.165) is 15.9 Å². The van der Waals surface area contributed by atoms with Crippen molar-refractivity contribution in [3.8, 4) is 5.88 Å². The summed E-state index contributed by atoms with van der Waals surface area (Å²) >= 11 is 0.858. The third-order valence-electron chi connectivity index (χ3n) is 3.24. The Morgan fingerprint density at radius 1 is 1.48 bits per heavy atom. The van der Waals surface area contributed by atoms with Gasteiger partial charge in [-0.3, -0.25) is 9.36 Å². The molecule has 118 valence electrons. The molecule has 1 aliphatic heterocycles. The van der Waals surface area contributed by atoms with Crippen molar-refractivity contribution in [2.75, 3.05) is 13.1 Å². The summed E-state index contributed by atoms with van der Waals surface area (Å²) in [6.07, 6.45) is -0.949. The van der Waals surface area contributed by atoms with Crippen LogP contribution in [-0.4, -0.2) is 50.6 Å². The molecule has 8 heteroatoms. The quantitative estimate of drug-likeness (QED) is 0.811. The van der Waals surface area contributed by atoms with Gasteiger partial charge in [0.05, 0.1) is 17.5 Å². The highest BCUT2D eigenvalue weighted by atomic mass is 32.1. The molecule has 2 heterocycles. The van der Waals surface area contributed by atoms with E-state index in [1.165, 1.54) is 10.3 Å². The Balaban J connectivity index is 2.17. The molecule has 1 fully saturated rings. The molecule has 1 saturated heterocycles. The van der Waals surface area contributed by atoms with Gasteiger partial charge in [0, 0.05) is 13.1 Å². The van der Waals surface area contributed by atoms with E-state index in [1.54, 1.807) is 20.8 Å². The van der Waals surface area contributed by atoms with Gasteiger partial charge in [0.1, 0.15) is 5.60 Å². The van der Waals surface area contributed by atoms with Gasteiger partial charge in [0.2, 0.25) is 5.88 Å². The maximum atomic E-state index is 12.1. The fourth-order valence-electron chi connectivity index (χ4n) is 2.28. The molecule has 21 heavy (non-hydrogen) atoms. The van der Waals surface area contributed by atoms with Crippen LogP contribution in [0.15, 0.2) is 10.2 Å². The van der Waals surface area contributed by atoms with Gasteiger partial charge in [-0.1, -0.05) is 11.3 Å². The largest absolute Gasteiger partial charge is 0.494 e. The van der Waals surface area contributed by atoms with Crippen LogP contribution in [0.2, 0.25) is 0 Å². The van der Waals surface area contributed by atoms with Crippen molar-refractivity contribution < 1.29 is 19.7 Å². The highest BCUT2D eigenvalue weighted by molar-refractivity contribution is 7.07. The number of hydrogen-bond donors (Lipinski definition) is 2. The minimum atomic E-state index is -0.790. The molecule has 0 bridgehead atoms. The minimum absolute atomic E-state index is 0.125. The van der Waals surface area contributed by atoms with E-state index in [0.29, 0.717) is 13.0 Å². The van der Waals surface area contributed by atoms with Crippen LogP contribution in [0.25, 0.3) is 0 Å². The van der Waals surface area contributed by atoms with Gasteiger partial charge >= 0.3 is 11.0 Å². The average molecular weight is 316 g/mol. The first-order valence-corrected chi connectivity index (χ1v) is 7.62. The monoisotopic (exact) mass is 316 g/mol. The number of aromatic hydroxyl groups is 1. The highest BCUT2D eigenvalue weighted by Crippen LogP contribution is 2.26. The number of amides is 1. The van der Waals surface area contributed by atoms with Crippen molar-refractivity contribution in [2.45, 2.75) is 44.9 Å². The summed E-state index contributed by atoms with van der Waals surface area (Å²) in [6, 6.07) is -0.662. The van der Waals surface area contributed by atoms with E-state index in [-0.39, 0.29) is 17.3 Å². The number of aromatic nitrogens is 1. The maximum Gasteiger partial charge on any atom is 0.410 e. The SMILES string of the molecule is CC(C)(C)OC(=O)N1CCC(O)C(n2c(O)csc2=O)C1. The minimum Gasteiger partial charge on any atom is -0.494 e. The standard InChI is InChI=1S/C13H20N2O5S/c1-13(2,3)20-11(18)14-5-4-9(16)8(6-14)15-10(17)7-21-12(15)19/h7-9,16-17H,4-6H2,1-3H3. The van der Waals surface area contributed by atoms with E-state index in [2.05, 4.69) is 0 Å². The zero-order valence-electron chi connectivity index (χ0n) is 12.3. The van der Waals surface area contributed by atoms with Crippen molar-refractivity contribution in [2.24, 2.45) is 0 Å². The second-order valence-corrected chi connectivity index (χ2v) is 6.90. The van der Waals surface area contributed by atoms with Crippen LogP contribution in [0.5, 0.6) is 5.88 Å². The van der Waals surface area contributed by atoms with Crippen LogP contribution in [0, 0.1) is 0 Å². The Hall–Kier alpha value is -1.54. The smallest absolute Gasteiger partial charge is 0.410 e. The average Bonchev–Trinajstić information content (AvgIpc) is 2.68. The Labute approximate surface area is 126 Å². The van der Waals surface area contributed by atoms with Crippen LogP contribution in [0.4, 0.5) is 4.79 Å². The Kier molecular flexibility index (Phi) is 4.29. The molecule has 7 nitrogen and oxygen atoms in total. The fraction of sp³-hybridized carbons (Fsp3) is 0.692. The highest BCUT2D eigenvalue weighted by Gasteiger charge is 2.35. The van der Waals surface area contributed by atoms with E-state index in [4.69, 9.17) is 4.74 Å². The topological polar surface area (TPSA) is 92.0 Å². The summed E-state index contributed by atoms with van der Waals surface area (Å²) in [5.74, 6) is -0.194. The number of rotatable bonds is 1. The molecule has 1 amide bonds. The van der Waals surface area contributed by atoms with Crippen LogP contribution in [-0.2, 0) is 4.74 Å². The third kappa shape index (κ3) is 3.56. The molecule has 1 aromatic rings. The Morgan fingerprint density at radius 2 is 2.14 bits per heavy atom. The van der Waals surface area contributed by atoms with Gasteiger partial charge in [-0.2, -0.15) is 0 Å². The predicted octanol–water partition coefficient (Wildman–Crippen LogP) is 1.16. The summed E-state index contributed by atoms with van der Waals surface area (Å²) in [7, 11) is 0. The molecular formula is C13H20N2O5S. The van der Waals surface area contributed by atoms with Crippen LogP contribution in [0.3, 0.4) is 0 Å². The van der Waals surface area contributed by atoms with Crippen LogP contribution < -0.4 is 4.87 Å². The van der Waals surface area contributed by atoms with E-state index >= 15 is 0 Å². The lowest BCUT2D eigenvalue weighted by Gasteiger charge is -2.37. The number of nitrogens with zero attached hydrogens (tertiary/aromatic N) is 2. The van der Waals surface area contributed by atoms with Gasteiger partial charge in [0.25, 0.3) is 0 Å². The molecule has 0 saturated carbocycles. The molecule has 2 unspecified atom stereocenters. The molecule has 0 aromatic carbocycles.